The molecule has 0 saturated carbocycles. The second kappa shape index (κ2) is 8.12. The normalized spacial score (nSPS) is 22.1. The van der Waals surface area contributed by atoms with Crippen molar-refractivity contribution in [3.63, 3.8) is 0 Å². The maximum absolute atomic E-state index is 13.2. The van der Waals surface area contributed by atoms with Crippen LogP contribution in [0, 0.1) is 0 Å². The molecule has 0 amide bonds. The molecule has 3 N–H and O–H groups in total. The monoisotopic (exact) mass is 454 g/mol. The SMILES string of the molecule is CCOC(=O)C1(Cc2ccc3c(c2)CC(C(C)(C)O)O3)OC(=O)C(O)=C1c1ccc(O)cc1. The van der Waals surface area contributed by atoms with Crippen LogP contribution in [0.2, 0.25) is 0 Å². The van der Waals surface area contributed by atoms with Gasteiger partial charge in [0.2, 0.25) is 11.4 Å². The molecule has 0 aliphatic carbocycles. The van der Waals surface area contributed by atoms with E-state index in [2.05, 4.69) is 0 Å². The molecule has 8 heteroatoms. The van der Waals surface area contributed by atoms with E-state index in [0.717, 1.165) is 5.56 Å². The van der Waals surface area contributed by atoms with Crippen molar-refractivity contribution in [3.8, 4) is 11.5 Å². The summed E-state index contributed by atoms with van der Waals surface area (Å²) in [6, 6.07) is 11.1. The molecule has 4 rings (SSSR count). The molecule has 2 heterocycles. The van der Waals surface area contributed by atoms with E-state index in [1.807, 2.05) is 6.07 Å². The quantitative estimate of drug-likeness (QED) is 0.570. The van der Waals surface area contributed by atoms with Crippen molar-refractivity contribution in [1.82, 2.24) is 0 Å². The van der Waals surface area contributed by atoms with Crippen molar-refractivity contribution in [2.45, 2.75) is 50.9 Å². The highest BCUT2D eigenvalue weighted by Crippen LogP contribution is 2.44. The molecule has 0 aromatic heterocycles. The molecule has 33 heavy (non-hydrogen) atoms. The number of carbonyl (C=O) groups excluding carboxylic acids is 2. The average molecular weight is 454 g/mol. The number of aromatic hydroxyl groups is 1. The van der Waals surface area contributed by atoms with Gasteiger partial charge in [0.25, 0.3) is 0 Å². The summed E-state index contributed by atoms with van der Waals surface area (Å²) in [7, 11) is 0. The topological polar surface area (TPSA) is 123 Å². The number of phenols is 1. The second-order valence-corrected chi connectivity index (χ2v) is 8.79. The number of phenolic OH excluding ortho intramolecular Hbond substituents is 1. The van der Waals surface area contributed by atoms with Crippen LogP contribution in [-0.2, 0) is 31.9 Å². The zero-order valence-electron chi connectivity index (χ0n) is 18.6. The molecule has 8 nitrogen and oxygen atoms in total. The maximum Gasteiger partial charge on any atom is 0.375 e. The number of cyclic esters (lactones) is 1. The first-order chi connectivity index (χ1) is 15.5. The van der Waals surface area contributed by atoms with Gasteiger partial charge in [-0.15, -0.1) is 0 Å². The molecule has 2 aromatic rings. The van der Waals surface area contributed by atoms with E-state index < -0.39 is 35.0 Å². The number of ether oxygens (including phenoxy) is 3. The predicted octanol–water partition coefficient (Wildman–Crippen LogP) is 2.84. The van der Waals surface area contributed by atoms with Crippen LogP contribution in [0.15, 0.2) is 48.2 Å². The number of benzene rings is 2. The van der Waals surface area contributed by atoms with Crippen LogP contribution in [0.1, 0.15) is 37.5 Å². The van der Waals surface area contributed by atoms with Crippen molar-refractivity contribution < 1.29 is 39.1 Å². The molecular weight excluding hydrogens is 428 g/mol. The van der Waals surface area contributed by atoms with Gasteiger partial charge in [0.15, 0.2) is 0 Å². The lowest BCUT2D eigenvalue weighted by atomic mass is 9.82. The number of hydrogen-bond donors (Lipinski definition) is 3. The zero-order valence-corrected chi connectivity index (χ0v) is 18.6. The molecule has 0 fully saturated rings. The Morgan fingerprint density at radius 1 is 1.18 bits per heavy atom. The Bertz CT molecular complexity index is 1130. The van der Waals surface area contributed by atoms with Crippen LogP contribution in [0.4, 0.5) is 0 Å². The molecule has 0 bridgehead atoms. The number of esters is 2. The van der Waals surface area contributed by atoms with Gasteiger partial charge in [0.1, 0.15) is 17.6 Å². The van der Waals surface area contributed by atoms with Crippen molar-refractivity contribution in [1.29, 1.82) is 0 Å². The average Bonchev–Trinajstić information content (AvgIpc) is 3.29. The van der Waals surface area contributed by atoms with Crippen molar-refractivity contribution >= 4 is 17.5 Å². The van der Waals surface area contributed by atoms with E-state index >= 15 is 0 Å². The van der Waals surface area contributed by atoms with Crippen LogP contribution >= 0.6 is 0 Å². The highest BCUT2D eigenvalue weighted by atomic mass is 16.6. The van der Waals surface area contributed by atoms with E-state index in [4.69, 9.17) is 14.2 Å². The van der Waals surface area contributed by atoms with Gasteiger partial charge >= 0.3 is 11.9 Å². The van der Waals surface area contributed by atoms with Crippen molar-refractivity contribution in [3.05, 3.63) is 64.9 Å². The minimum absolute atomic E-state index is 0.00852. The molecule has 0 radical (unpaired) electrons. The zero-order chi connectivity index (χ0) is 24.0. The third kappa shape index (κ3) is 4.02. The van der Waals surface area contributed by atoms with Gasteiger partial charge in [-0.25, -0.2) is 9.59 Å². The highest BCUT2D eigenvalue weighted by molar-refractivity contribution is 6.11. The summed E-state index contributed by atoms with van der Waals surface area (Å²) in [5.41, 5.74) is -1.11. The van der Waals surface area contributed by atoms with Crippen LogP contribution in [0.5, 0.6) is 11.5 Å². The van der Waals surface area contributed by atoms with Crippen molar-refractivity contribution in [2.75, 3.05) is 6.61 Å². The predicted molar refractivity (Wildman–Crippen MR) is 118 cm³/mol. The number of carbonyl (C=O) groups is 2. The molecule has 2 atom stereocenters. The standard InChI is InChI=1S/C25H26O8/c1-4-31-23(29)25(20(21(27)22(28)33-25)15-6-8-17(26)9-7-15)13-14-5-10-18-16(11-14)12-19(32-18)24(2,3)30/h5-11,19,26-27,30H,4,12-13H2,1-3H3. The van der Waals surface area contributed by atoms with Gasteiger partial charge in [-0.2, -0.15) is 0 Å². The lowest BCUT2D eigenvalue weighted by molar-refractivity contribution is -0.171. The van der Waals surface area contributed by atoms with E-state index in [9.17, 15) is 24.9 Å². The first-order valence-electron chi connectivity index (χ1n) is 10.7. The molecule has 2 unspecified atom stereocenters. The summed E-state index contributed by atoms with van der Waals surface area (Å²) in [5, 5.41) is 30.5. The Labute approximate surface area is 191 Å². The number of fused-ring (bicyclic) bond motifs is 1. The fourth-order valence-corrected chi connectivity index (χ4v) is 4.23. The third-order valence-corrected chi connectivity index (χ3v) is 5.90. The number of aliphatic hydroxyl groups excluding tert-OH is 1. The number of rotatable bonds is 6. The van der Waals surface area contributed by atoms with Gasteiger partial charge in [-0.05, 0) is 55.7 Å². The number of hydrogen-bond acceptors (Lipinski definition) is 8. The van der Waals surface area contributed by atoms with Gasteiger partial charge in [-0.1, -0.05) is 24.3 Å². The van der Waals surface area contributed by atoms with Crippen molar-refractivity contribution in [2.24, 2.45) is 0 Å². The molecule has 2 aromatic carbocycles. The Morgan fingerprint density at radius 2 is 1.88 bits per heavy atom. The largest absolute Gasteiger partial charge is 0.508 e. The summed E-state index contributed by atoms with van der Waals surface area (Å²) in [6.07, 6.45) is -0.0223. The van der Waals surface area contributed by atoms with E-state index in [1.54, 1.807) is 32.9 Å². The molecule has 0 spiro atoms. The van der Waals surface area contributed by atoms with Crippen LogP contribution in [0.3, 0.4) is 0 Å². The fraction of sp³-hybridized carbons (Fsp3) is 0.360. The summed E-state index contributed by atoms with van der Waals surface area (Å²) < 4.78 is 16.6. The Morgan fingerprint density at radius 3 is 2.52 bits per heavy atom. The maximum atomic E-state index is 13.2. The molecule has 2 aliphatic heterocycles. The lowest BCUT2D eigenvalue weighted by Crippen LogP contribution is -2.44. The number of aliphatic hydroxyl groups is 2. The minimum Gasteiger partial charge on any atom is -0.508 e. The third-order valence-electron chi connectivity index (χ3n) is 5.90. The first kappa shape index (κ1) is 22.7. The van der Waals surface area contributed by atoms with E-state index in [0.29, 0.717) is 23.3 Å². The summed E-state index contributed by atoms with van der Waals surface area (Å²) in [5.74, 6) is -1.89. The van der Waals surface area contributed by atoms with E-state index in [1.165, 1.54) is 24.3 Å². The van der Waals surface area contributed by atoms with Crippen LogP contribution < -0.4 is 4.74 Å². The lowest BCUT2D eigenvalue weighted by Gasteiger charge is -2.28. The Hall–Kier alpha value is -3.52. The van der Waals surface area contributed by atoms with Gasteiger partial charge in [0.05, 0.1) is 17.8 Å². The highest BCUT2D eigenvalue weighted by Gasteiger charge is 2.56. The summed E-state index contributed by atoms with van der Waals surface area (Å²) in [4.78, 5) is 25.6. The second-order valence-electron chi connectivity index (χ2n) is 8.79. The van der Waals surface area contributed by atoms with Crippen LogP contribution in [-0.4, -0.2) is 51.2 Å². The molecule has 0 saturated heterocycles. The molecular formula is C25H26O8. The Balaban J connectivity index is 1.76. The smallest absolute Gasteiger partial charge is 0.375 e. The molecule has 174 valence electrons. The minimum atomic E-state index is -1.91. The Kier molecular flexibility index (Phi) is 5.57. The summed E-state index contributed by atoms with van der Waals surface area (Å²) >= 11 is 0. The first-order valence-corrected chi connectivity index (χ1v) is 10.7. The van der Waals surface area contributed by atoms with Crippen LogP contribution in [0.25, 0.3) is 5.57 Å². The fourth-order valence-electron chi connectivity index (χ4n) is 4.23. The summed E-state index contributed by atoms with van der Waals surface area (Å²) in [6.45, 7) is 5.04. The molecule has 2 aliphatic rings. The van der Waals surface area contributed by atoms with E-state index in [-0.39, 0.29) is 24.4 Å². The van der Waals surface area contributed by atoms with Gasteiger partial charge in [-0.3, -0.25) is 0 Å². The van der Waals surface area contributed by atoms with Gasteiger partial charge < -0.3 is 29.5 Å². The van der Waals surface area contributed by atoms with Gasteiger partial charge in [0, 0.05) is 12.8 Å².